The zero-order valence-electron chi connectivity index (χ0n) is 11.8. The summed E-state index contributed by atoms with van der Waals surface area (Å²) in [5.74, 6) is 1.58. The average molecular weight is 266 g/mol. The quantitative estimate of drug-likeness (QED) is 0.590. The number of aliphatic imine (C=N–C) groups is 1. The molecule has 6 heteroatoms. The number of carbonyl (C=O) groups excluding carboxylic acids is 1. The van der Waals surface area contributed by atoms with Gasteiger partial charge in [-0.1, -0.05) is 0 Å². The summed E-state index contributed by atoms with van der Waals surface area (Å²) in [6.07, 6.45) is 2.07. The van der Waals surface area contributed by atoms with Gasteiger partial charge in [-0.25, -0.2) is 4.99 Å². The number of furan rings is 1. The van der Waals surface area contributed by atoms with Crippen LogP contribution in [-0.4, -0.2) is 44.0 Å². The molecule has 0 aliphatic rings. The van der Waals surface area contributed by atoms with Crippen molar-refractivity contribution in [1.29, 1.82) is 0 Å². The summed E-state index contributed by atoms with van der Waals surface area (Å²) in [6.45, 7) is 3.80. The molecule has 0 atom stereocenters. The first kappa shape index (κ1) is 15.1. The van der Waals surface area contributed by atoms with Crippen molar-refractivity contribution in [2.75, 3.05) is 27.2 Å². The largest absolute Gasteiger partial charge is 0.467 e. The first-order valence-corrected chi connectivity index (χ1v) is 6.38. The monoisotopic (exact) mass is 266 g/mol. The van der Waals surface area contributed by atoms with Crippen LogP contribution < -0.4 is 10.6 Å². The summed E-state index contributed by atoms with van der Waals surface area (Å²) >= 11 is 0. The van der Waals surface area contributed by atoms with Gasteiger partial charge in [0.1, 0.15) is 12.3 Å². The molecule has 0 aromatic carbocycles. The third-order valence-corrected chi connectivity index (χ3v) is 2.45. The topological polar surface area (TPSA) is 69.9 Å². The Bertz CT molecular complexity index is 399. The number of hydrogen-bond acceptors (Lipinski definition) is 3. The van der Waals surface area contributed by atoms with E-state index < -0.39 is 0 Å². The van der Waals surface area contributed by atoms with E-state index in [1.54, 1.807) is 25.3 Å². The highest BCUT2D eigenvalue weighted by molar-refractivity contribution is 5.81. The molecule has 6 nitrogen and oxygen atoms in total. The Hall–Kier alpha value is -1.98. The van der Waals surface area contributed by atoms with Gasteiger partial charge in [-0.2, -0.15) is 0 Å². The molecule has 0 unspecified atom stereocenters. The molecule has 0 fully saturated rings. The summed E-state index contributed by atoms with van der Waals surface area (Å²) in [5.41, 5.74) is 0. The van der Waals surface area contributed by atoms with Crippen LogP contribution in [0.3, 0.4) is 0 Å². The van der Waals surface area contributed by atoms with Gasteiger partial charge in [0.2, 0.25) is 5.91 Å². The summed E-state index contributed by atoms with van der Waals surface area (Å²) in [6, 6.07) is 3.71. The fourth-order valence-corrected chi connectivity index (χ4v) is 1.41. The zero-order chi connectivity index (χ0) is 14.1. The Morgan fingerprint density at radius 1 is 1.42 bits per heavy atom. The van der Waals surface area contributed by atoms with Gasteiger partial charge >= 0.3 is 0 Å². The van der Waals surface area contributed by atoms with Gasteiger partial charge in [0.15, 0.2) is 5.96 Å². The minimum Gasteiger partial charge on any atom is -0.467 e. The number of amides is 1. The van der Waals surface area contributed by atoms with Gasteiger partial charge in [-0.3, -0.25) is 4.79 Å². The maximum atomic E-state index is 11.4. The SMILES string of the molecule is CCNC(=NCc1ccco1)NCCC(=O)N(C)C. The molecule has 0 saturated heterocycles. The number of guanidine groups is 1. The average Bonchev–Trinajstić information content (AvgIpc) is 2.88. The maximum Gasteiger partial charge on any atom is 0.223 e. The second kappa shape index (κ2) is 8.18. The zero-order valence-corrected chi connectivity index (χ0v) is 11.8. The molecule has 0 bridgehead atoms. The fourth-order valence-electron chi connectivity index (χ4n) is 1.41. The molecule has 2 N–H and O–H groups in total. The molecule has 0 spiro atoms. The van der Waals surface area contributed by atoms with Gasteiger partial charge in [-0.15, -0.1) is 0 Å². The third kappa shape index (κ3) is 5.94. The smallest absolute Gasteiger partial charge is 0.223 e. The molecule has 0 radical (unpaired) electrons. The first-order chi connectivity index (χ1) is 9.13. The molecule has 0 aliphatic carbocycles. The van der Waals surface area contributed by atoms with Crippen LogP contribution in [0.25, 0.3) is 0 Å². The summed E-state index contributed by atoms with van der Waals surface area (Å²) in [4.78, 5) is 17.4. The van der Waals surface area contributed by atoms with Gasteiger partial charge in [0, 0.05) is 33.6 Å². The summed E-state index contributed by atoms with van der Waals surface area (Å²) in [7, 11) is 3.50. The van der Waals surface area contributed by atoms with Gasteiger partial charge in [0.05, 0.1) is 6.26 Å². The fraction of sp³-hybridized carbons (Fsp3) is 0.538. The molecule has 1 aromatic heterocycles. The molecule has 19 heavy (non-hydrogen) atoms. The normalized spacial score (nSPS) is 11.2. The van der Waals surface area contributed by atoms with Crippen molar-refractivity contribution >= 4 is 11.9 Å². The van der Waals surface area contributed by atoms with Crippen molar-refractivity contribution in [3.8, 4) is 0 Å². The molecule has 106 valence electrons. The highest BCUT2D eigenvalue weighted by Crippen LogP contribution is 2.01. The van der Waals surface area contributed by atoms with Crippen LogP contribution in [0.4, 0.5) is 0 Å². The number of carbonyl (C=O) groups is 1. The molecule has 0 saturated carbocycles. The Labute approximate surface area is 113 Å². The first-order valence-electron chi connectivity index (χ1n) is 6.38. The van der Waals surface area contributed by atoms with Crippen LogP contribution in [0.5, 0.6) is 0 Å². The van der Waals surface area contributed by atoms with E-state index in [2.05, 4.69) is 15.6 Å². The van der Waals surface area contributed by atoms with E-state index in [-0.39, 0.29) is 5.91 Å². The molecule has 1 amide bonds. The highest BCUT2D eigenvalue weighted by atomic mass is 16.3. The van der Waals surface area contributed by atoms with E-state index in [1.807, 2.05) is 19.1 Å². The van der Waals surface area contributed by atoms with Crippen LogP contribution in [0.15, 0.2) is 27.8 Å². The number of hydrogen-bond donors (Lipinski definition) is 2. The summed E-state index contributed by atoms with van der Waals surface area (Å²) < 4.78 is 5.21. The van der Waals surface area contributed by atoms with Crippen LogP contribution in [-0.2, 0) is 11.3 Å². The summed E-state index contributed by atoms with van der Waals surface area (Å²) in [5, 5.41) is 6.24. The third-order valence-electron chi connectivity index (χ3n) is 2.45. The minimum atomic E-state index is 0.0920. The van der Waals surface area contributed by atoms with Gasteiger partial charge in [0.25, 0.3) is 0 Å². The van der Waals surface area contributed by atoms with E-state index in [0.717, 1.165) is 12.3 Å². The predicted octanol–water partition coefficient (Wildman–Crippen LogP) is 0.813. The molecule has 1 aromatic rings. The molecular formula is C13H22N4O2. The second-order valence-electron chi connectivity index (χ2n) is 4.24. The van der Waals surface area contributed by atoms with Crippen LogP contribution in [0, 0.1) is 0 Å². The van der Waals surface area contributed by atoms with E-state index in [4.69, 9.17) is 4.42 Å². The van der Waals surface area contributed by atoms with Gasteiger partial charge in [-0.05, 0) is 19.1 Å². The lowest BCUT2D eigenvalue weighted by atomic mass is 10.4. The Kier molecular flexibility index (Phi) is 6.49. The standard InChI is InChI=1S/C13H22N4O2/c1-4-14-13(15-8-7-12(18)17(2)3)16-10-11-6-5-9-19-11/h5-6,9H,4,7-8,10H2,1-3H3,(H2,14,15,16). The molecule has 1 heterocycles. The number of nitrogens with one attached hydrogen (secondary N) is 2. The van der Waals surface area contributed by atoms with Crippen molar-refractivity contribution in [3.05, 3.63) is 24.2 Å². The lowest BCUT2D eigenvalue weighted by Crippen LogP contribution is -2.39. The lowest BCUT2D eigenvalue weighted by Gasteiger charge is -2.13. The Morgan fingerprint density at radius 3 is 2.79 bits per heavy atom. The van der Waals surface area contributed by atoms with Crippen molar-refractivity contribution in [2.45, 2.75) is 19.9 Å². The second-order valence-corrected chi connectivity index (χ2v) is 4.24. The van der Waals surface area contributed by atoms with Crippen LogP contribution in [0.2, 0.25) is 0 Å². The Morgan fingerprint density at radius 2 is 2.21 bits per heavy atom. The van der Waals surface area contributed by atoms with Crippen molar-refractivity contribution in [1.82, 2.24) is 15.5 Å². The van der Waals surface area contributed by atoms with E-state index in [1.165, 1.54) is 0 Å². The van der Waals surface area contributed by atoms with Crippen LogP contribution >= 0.6 is 0 Å². The van der Waals surface area contributed by atoms with Crippen molar-refractivity contribution in [3.63, 3.8) is 0 Å². The van der Waals surface area contributed by atoms with Gasteiger partial charge < -0.3 is 20.0 Å². The van der Waals surface area contributed by atoms with Crippen LogP contribution in [0.1, 0.15) is 19.1 Å². The van der Waals surface area contributed by atoms with Crippen molar-refractivity contribution < 1.29 is 9.21 Å². The number of rotatable bonds is 6. The molecule has 0 aliphatic heterocycles. The molecule has 1 rings (SSSR count). The predicted molar refractivity (Wildman–Crippen MR) is 74.8 cm³/mol. The van der Waals surface area contributed by atoms with Crippen molar-refractivity contribution in [2.24, 2.45) is 4.99 Å². The van der Waals surface area contributed by atoms with E-state index in [9.17, 15) is 4.79 Å². The highest BCUT2D eigenvalue weighted by Gasteiger charge is 2.04. The van der Waals surface area contributed by atoms with E-state index in [0.29, 0.717) is 25.5 Å². The Balaban J connectivity index is 2.39. The molecular weight excluding hydrogens is 244 g/mol. The maximum absolute atomic E-state index is 11.4. The minimum absolute atomic E-state index is 0.0920. The lowest BCUT2D eigenvalue weighted by molar-refractivity contribution is -0.128. The van der Waals surface area contributed by atoms with E-state index >= 15 is 0 Å². The number of nitrogens with zero attached hydrogens (tertiary/aromatic N) is 2.